The van der Waals surface area contributed by atoms with Crippen LogP contribution in [0.3, 0.4) is 0 Å². The summed E-state index contributed by atoms with van der Waals surface area (Å²) in [5, 5.41) is 8.99. The molecule has 0 aromatic carbocycles. The van der Waals surface area contributed by atoms with Crippen LogP contribution in [0, 0.1) is 6.92 Å². The van der Waals surface area contributed by atoms with E-state index < -0.39 is 5.97 Å². The predicted octanol–water partition coefficient (Wildman–Crippen LogP) is 2.15. The quantitative estimate of drug-likeness (QED) is 0.863. The fourth-order valence-electron chi connectivity index (χ4n) is 1.53. The second kappa shape index (κ2) is 5.64. The van der Waals surface area contributed by atoms with Gasteiger partial charge in [-0.05, 0) is 30.7 Å². The van der Waals surface area contributed by atoms with Crippen molar-refractivity contribution < 1.29 is 29.4 Å². The van der Waals surface area contributed by atoms with E-state index in [1.807, 2.05) is 6.07 Å². The van der Waals surface area contributed by atoms with Gasteiger partial charge in [0, 0.05) is 31.9 Å². The van der Waals surface area contributed by atoms with Gasteiger partial charge in [0.05, 0.1) is 17.0 Å². The summed E-state index contributed by atoms with van der Waals surface area (Å²) in [5.74, 6) is -0.947. The minimum atomic E-state index is -0.947. The minimum Gasteiger partial charge on any atom is -0.478 e. The number of pyridine rings is 2. The van der Waals surface area contributed by atoms with E-state index in [1.165, 1.54) is 12.3 Å². The second-order valence-corrected chi connectivity index (χ2v) is 3.35. The van der Waals surface area contributed by atoms with Gasteiger partial charge in [-0.15, -0.1) is 0 Å². The van der Waals surface area contributed by atoms with Gasteiger partial charge >= 0.3 is 5.97 Å². The Morgan fingerprint density at radius 1 is 1.18 bits per heavy atom. The molecular formula is C12H10N2O2Ru. The van der Waals surface area contributed by atoms with Gasteiger partial charge in [-0.1, -0.05) is 6.07 Å². The standard InChI is InChI=1S/C12H10N2O2.Ru/c1-8-9(12(15)16)5-7-14-11(8)10-4-2-3-6-13-10;/h2-7H,1H3,(H,15,16);. The number of nitrogens with zero attached hydrogens (tertiary/aromatic N) is 2. The summed E-state index contributed by atoms with van der Waals surface area (Å²) in [6.45, 7) is 1.74. The van der Waals surface area contributed by atoms with Crippen LogP contribution >= 0.6 is 0 Å². The van der Waals surface area contributed by atoms with Crippen LogP contribution < -0.4 is 0 Å². The summed E-state index contributed by atoms with van der Waals surface area (Å²) in [6.07, 6.45) is 3.14. The van der Waals surface area contributed by atoms with E-state index in [9.17, 15) is 4.79 Å². The van der Waals surface area contributed by atoms with Crippen molar-refractivity contribution in [2.75, 3.05) is 0 Å². The first-order valence-corrected chi connectivity index (χ1v) is 4.80. The number of hydrogen-bond donors (Lipinski definition) is 1. The van der Waals surface area contributed by atoms with Crippen molar-refractivity contribution in [3.63, 3.8) is 0 Å². The smallest absolute Gasteiger partial charge is 0.336 e. The summed E-state index contributed by atoms with van der Waals surface area (Å²) in [4.78, 5) is 19.3. The summed E-state index contributed by atoms with van der Waals surface area (Å²) < 4.78 is 0. The first kappa shape index (κ1) is 13.5. The van der Waals surface area contributed by atoms with E-state index in [0.29, 0.717) is 17.0 Å². The molecule has 0 aliphatic heterocycles. The van der Waals surface area contributed by atoms with Gasteiger partial charge in [-0.25, -0.2) is 4.79 Å². The molecule has 2 heterocycles. The van der Waals surface area contributed by atoms with Crippen molar-refractivity contribution in [2.24, 2.45) is 0 Å². The Morgan fingerprint density at radius 3 is 2.53 bits per heavy atom. The van der Waals surface area contributed by atoms with Crippen molar-refractivity contribution in [1.29, 1.82) is 0 Å². The van der Waals surface area contributed by atoms with E-state index in [4.69, 9.17) is 5.11 Å². The van der Waals surface area contributed by atoms with Crippen LogP contribution in [0.2, 0.25) is 0 Å². The van der Waals surface area contributed by atoms with E-state index in [-0.39, 0.29) is 25.0 Å². The molecule has 0 saturated carbocycles. The maximum atomic E-state index is 11.0. The van der Waals surface area contributed by atoms with Crippen molar-refractivity contribution in [3.8, 4) is 11.4 Å². The van der Waals surface area contributed by atoms with Crippen LogP contribution in [0.25, 0.3) is 11.4 Å². The molecule has 5 heteroatoms. The molecule has 88 valence electrons. The van der Waals surface area contributed by atoms with Gasteiger partial charge in [-0.2, -0.15) is 0 Å². The Labute approximate surface area is 111 Å². The van der Waals surface area contributed by atoms with Crippen LogP contribution in [-0.2, 0) is 19.5 Å². The zero-order valence-electron chi connectivity index (χ0n) is 9.07. The summed E-state index contributed by atoms with van der Waals surface area (Å²) >= 11 is 0. The monoisotopic (exact) mass is 316 g/mol. The number of rotatable bonds is 2. The SMILES string of the molecule is Cc1c(C(=O)O)ccnc1-c1ccccn1.[Ru]. The largest absolute Gasteiger partial charge is 0.478 e. The van der Waals surface area contributed by atoms with Crippen molar-refractivity contribution in [1.82, 2.24) is 9.97 Å². The third-order valence-corrected chi connectivity index (χ3v) is 2.34. The number of hydrogen-bond acceptors (Lipinski definition) is 3. The number of aromatic nitrogens is 2. The van der Waals surface area contributed by atoms with Gasteiger partial charge in [0.15, 0.2) is 0 Å². The third kappa shape index (κ3) is 2.74. The first-order chi connectivity index (χ1) is 7.70. The molecule has 0 spiro atoms. The average molecular weight is 315 g/mol. The van der Waals surface area contributed by atoms with Gasteiger partial charge in [0.25, 0.3) is 0 Å². The molecule has 17 heavy (non-hydrogen) atoms. The zero-order chi connectivity index (χ0) is 11.5. The summed E-state index contributed by atoms with van der Waals surface area (Å²) in [7, 11) is 0. The van der Waals surface area contributed by atoms with Crippen molar-refractivity contribution >= 4 is 5.97 Å². The molecule has 2 aromatic rings. The Kier molecular flexibility index (Phi) is 4.47. The molecule has 0 unspecified atom stereocenters. The van der Waals surface area contributed by atoms with E-state index in [1.54, 1.807) is 25.3 Å². The Bertz CT molecular complexity index is 529. The number of carboxylic acid groups (broad SMARTS) is 1. The molecule has 0 fully saturated rings. The molecule has 0 amide bonds. The van der Waals surface area contributed by atoms with Crippen molar-refractivity contribution in [3.05, 3.63) is 47.8 Å². The molecule has 0 radical (unpaired) electrons. The normalized spacial score (nSPS) is 9.47. The van der Waals surface area contributed by atoms with Crippen LogP contribution in [0.4, 0.5) is 0 Å². The first-order valence-electron chi connectivity index (χ1n) is 4.80. The Hall–Kier alpha value is -1.61. The summed E-state index contributed by atoms with van der Waals surface area (Å²) in [5.41, 5.74) is 2.19. The maximum absolute atomic E-state index is 11.0. The fraction of sp³-hybridized carbons (Fsp3) is 0.0833. The molecular weight excluding hydrogens is 305 g/mol. The topological polar surface area (TPSA) is 63.1 Å². The van der Waals surface area contributed by atoms with Crippen LogP contribution in [0.15, 0.2) is 36.7 Å². The molecule has 0 saturated heterocycles. The number of carboxylic acids is 1. The second-order valence-electron chi connectivity index (χ2n) is 3.35. The van der Waals surface area contributed by atoms with Crippen molar-refractivity contribution in [2.45, 2.75) is 6.92 Å². The Morgan fingerprint density at radius 2 is 1.94 bits per heavy atom. The number of carbonyl (C=O) groups is 1. The molecule has 2 aromatic heterocycles. The van der Waals surface area contributed by atoms with Gasteiger partial charge in [-0.3, -0.25) is 9.97 Å². The molecule has 4 nitrogen and oxygen atoms in total. The third-order valence-electron chi connectivity index (χ3n) is 2.34. The van der Waals surface area contributed by atoms with Gasteiger partial charge in [0.2, 0.25) is 0 Å². The predicted molar refractivity (Wildman–Crippen MR) is 59.2 cm³/mol. The Balaban J connectivity index is 0.00000144. The maximum Gasteiger partial charge on any atom is 0.336 e. The molecule has 0 atom stereocenters. The average Bonchev–Trinajstić information content (AvgIpc) is 2.30. The van der Waals surface area contributed by atoms with Crippen LogP contribution in [-0.4, -0.2) is 21.0 Å². The number of aromatic carboxylic acids is 1. The van der Waals surface area contributed by atoms with E-state index in [0.717, 1.165) is 0 Å². The molecule has 0 aliphatic rings. The molecule has 2 rings (SSSR count). The minimum absolute atomic E-state index is 0. The van der Waals surface area contributed by atoms with E-state index in [2.05, 4.69) is 9.97 Å². The molecule has 0 aliphatic carbocycles. The van der Waals surface area contributed by atoms with Gasteiger partial charge < -0.3 is 5.11 Å². The molecule has 1 N–H and O–H groups in total. The van der Waals surface area contributed by atoms with E-state index >= 15 is 0 Å². The van der Waals surface area contributed by atoms with Crippen LogP contribution in [0.1, 0.15) is 15.9 Å². The van der Waals surface area contributed by atoms with Gasteiger partial charge in [0.1, 0.15) is 0 Å². The molecule has 0 bridgehead atoms. The fourth-order valence-corrected chi connectivity index (χ4v) is 1.53. The zero-order valence-corrected chi connectivity index (χ0v) is 10.8. The summed E-state index contributed by atoms with van der Waals surface area (Å²) in [6, 6.07) is 6.95. The van der Waals surface area contributed by atoms with Crippen LogP contribution in [0.5, 0.6) is 0 Å².